The zero-order valence-corrected chi connectivity index (χ0v) is 17.5. The highest BCUT2D eigenvalue weighted by atomic mass is 16.3. The van der Waals surface area contributed by atoms with Gasteiger partial charge in [-0.15, -0.1) is 0 Å². The van der Waals surface area contributed by atoms with Gasteiger partial charge in [-0.25, -0.2) is 0 Å². The second-order valence-electron chi connectivity index (χ2n) is 10.4. The lowest BCUT2D eigenvalue weighted by atomic mass is 9.60. The van der Waals surface area contributed by atoms with E-state index in [4.69, 9.17) is 0 Å². The van der Waals surface area contributed by atoms with Crippen LogP contribution in [0.5, 0.6) is 0 Å². The summed E-state index contributed by atoms with van der Waals surface area (Å²) in [6.45, 7) is 5.59. The van der Waals surface area contributed by atoms with Crippen LogP contribution in [0.4, 0.5) is 5.69 Å². The Hall–Kier alpha value is -1.10. The van der Waals surface area contributed by atoms with Crippen molar-refractivity contribution in [3.63, 3.8) is 0 Å². The minimum atomic E-state index is -0.272. The third kappa shape index (κ3) is 1.61. The maximum Gasteiger partial charge on any atom is 0.194 e. The number of benzene rings is 1. The van der Waals surface area contributed by atoms with Gasteiger partial charge in [0.25, 0.3) is 0 Å². The van der Waals surface area contributed by atoms with Crippen LogP contribution in [0.15, 0.2) is 24.3 Å². The summed E-state index contributed by atoms with van der Waals surface area (Å²) in [5.41, 5.74) is 2.56. The van der Waals surface area contributed by atoms with Gasteiger partial charge in [0, 0.05) is 37.4 Å². The summed E-state index contributed by atoms with van der Waals surface area (Å²) < 4.78 is 0.884. The van der Waals surface area contributed by atoms with E-state index in [9.17, 15) is 10.2 Å². The van der Waals surface area contributed by atoms with E-state index in [0.717, 1.165) is 23.9 Å². The number of hydrogen-bond acceptors (Lipinski definition) is 3. The largest absolute Gasteiger partial charge is 0.392 e. The Balaban J connectivity index is 1.59. The number of para-hydroxylation sites is 1. The number of fused-ring (bicyclic) bond motifs is 2. The number of likely N-dealkylation sites (N-methyl/N-ethyl adjacent to an activating group) is 1. The standard InChI is InChI=1S/C24H35N2O2/c1-4-6-11-26-18-12-15(14(5-2)23(26)28)20-19(26)13-24(22(20)27)16-9-7-8-10-17(16)25(3)21(18)24/h7-10,14-15,18-23,27-28H,4-6,11-13H2,1-3H3/q+1/t14?,15?,18?,19-,20-,21?,22?,23+,24?,26?/m0/s1. The fourth-order valence-corrected chi connectivity index (χ4v) is 9.27. The van der Waals surface area contributed by atoms with Crippen molar-refractivity contribution in [1.82, 2.24) is 0 Å². The van der Waals surface area contributed by atoms with Crippen molar-refractivity contribution in [2.45, 2.75) is 81.8 Å². The molecule has 5 bridgehead atoms. The molecule has 4 saturated heterocycles. The lowest BCUT2D eigenvalue weighted by Gasteiger charge is -2.68. The third-order valence-electron chi connectivity index (χ3n) is 10.0. The molecule has 1 aliphatic carbocycles. The van der Waals surface area contributed by atoms with Crippen molar-refractivity contribution in [1.29, 1.82) is 0 Å². The number of unbranched alkanes of at least 4 members (excludes halogenated alkanes) is 1. The van der Waals surface area contributed by atoms with Gasteiger partial charge < -0.3 is 15.1 Å². The molecule has 5 heterocycles. The zero-order chi connectivity index (χ0) is 19.4. The maximum absolute atomic E-state index is 12.0. The first-order valence-electron chi connectivity index (χ1n) is 11.6. The van der Waals surface area contributed by atoms with Crippen LogP contribution in [0.1, 0.15) is 51.5 Å². The fraction of sp³-hybridized carbons (Fsp3) is 0.750. The number of anilines is 1. The Morgan fingerprint density at radius 1 is 1.18 bits per heavy atom. The quantitative estimate of drug-likeness (QED) is 0.786. The number of rotatable bonds is 4. The Bertz CT molecular complexity index is 814. The molecule has 10 atom stereocenters. The molecule has 152 valence electrons. The van der Waals surface area contributed by atoms with Crippen LogP contribution in [-0.4, -0.2) is 58.7 Å². The van der Waals surface area contributed by atoms with Crippen LogP contribution in [-0.2, 0) is 5.41 Å². The maximum atomic E-state index is 12.0. The van der Waals surface area contributed by atoms with Gasteiger partial charge in [0.2, 0.25) is 0 Å². The summed E-state index contributed by atoms with van der Waals surface area (Å²) in [5.74, 6) is 1.18. The van der Waals surface area contributed by atoms with E-state index in [1.807, 2.05) is 0 Å². The lowest BCUT2D eigenvalue weighted by Crippen LogP contribution is -2.83. The van der Waals surface area contributed by atoms with Crippen LogP contribution in [0.3, 0.4) is 0 Å². The van der Waals surface area contributed by atoms with Gasteiger partial charge in [-0.2, -0.15) is 0 Å². The molecule has 28 heavy (non-hydrogen) atoms. The summed E-state index contributed by atoms with van der Waals surface area (Å²) in [6, 6.07) is 10.00. The highest BCUT2D eigenvalue weighted by Gasteiger charge is 2.82. The van der Waals surface area contributed by atoms with Gasteiger partial charge in [0.1, 0.15) is 6.04 Å². The van der Waals surface area contributed by atoms with Gasteiger partial charge in [-0.05, 0) is 30.4 Å². The first kappa shape index (κ1) is 17.7. The second kappa shape index (κ2) is 5.53. The first-order valence-corrected chi connectivity index (χ1v) is 11.6. The Labute approximate surface area is 168 Å². The predicted molar refractivity (Wildman–Crippen MR) is 110 cm³/mol. The molecule has 7 rings (SSSR count). The molecule has 7 unspecified atom stereocenters. The number of piperidine rings is 4. The van der Waals surface area contributed by atoms with Crippen LogP contribution in [0.25, 0.3) is 0 Å². The molecule has 1 aromatic carbocycles. The molecule has 1 spiro atoms. The van der Waals surface area contributed by atoms with E-state index in [2.05, 4.69) is 50.1 Å². The van der Waals surface area contributed by atoms with Crippen LogP contribution in [0, 0.1) is 17.8 Å². The highest BCUT2D eigenvalue weighted by Crippen LogP contribution is 2.71. The van der Waals surface area contributed by atoms with Crippen LogP contribution >= 0.6 is 0 Å². The summed E-state index contributed by atoms with van der Waals surface area (Å²) in [5, 5.41) is 23.7. The molecule has 0 aromatic heterocycles. The van der Waals surface area contributed by atoms with E-state index in [1.54, 1.807) is 0 Å². The third-order valence-corrected chi connectivity index (χ3v) is 10.0. The van der Waals surface area contributed by atoms with Crippen molar-refractivity contribution < 1.29 is 14.7 Å². The number of aliphatic hydroxyl groups is 2. The molecule has 6 aliphatic rings. The summed E-state index contributed by atoms with van der Waals surface area (Å²) in [6.07, 6.45) is 5.09. The van der Waals surface area contributed by atoms with Crippen molar-refractivity contribution in [3.8, 4) is 0 Å². The normalized spacial score (nSPS) is 52.2. The lowest BCUT2D eigenvalue weighted by molar-refractivity contribution is -1.04. The van der Waals surface area contributed by atoms with Crippen molar-refractivity contribution in [3.05, 3.63) is 29.8 Å². The molecule has 1 saturated carbocycles. The number of quaternary nitrogens is 1. The molecule has 0 amide bonds. The average molecular weight is 384 g/mol. The van der Waals surface area contributed by atoms with E-state index in [1.165, 1.54) is 30.5 Å². The topological polar surface area (TPSA) is 43.7 Å². The van der Waals surface area contributed by atoms with Crippen molar-refractivity contribution >= 4 is 5.69 Å². The van der Waals surface area contributed by atoms with E-state index >= 15 is 0 Å². The Morgan fingerprint density at radius 3 is 2.71 bits per heavy atom. The van der Waals surface area contributed by atoms with E-state index < -0.39 is 0 Å². The second-order valence-corrected chi connectivity index (χ2v) is 10.4. The number of aliphatic hydroxyl groups excluding tert-OH is 2. The Morgan fingerprint density at radius 2 is 1.96 bits per heavy atom. The highest BCUT2D eigenvalue weighted by molar-refractivity contribution is 5.66. The minimum Gasteiger partial charge on any atom is -0.392 e. The monoisotopic (exact) mass is 383 g/mol. The van der Waals surface area contributed by atoms with Gasteiger partial charge in [-0.1, -0.05) is 38.5 Å². The molecule has 4 nitrogen and oxygen atoms in total. The van der Waals surface area contributed by atoms with Crippen molar-refractivity contribution in [2.24, 2.45) is 17.8 Å². The predicted octanol–water partition coefficient (Wildman–Crippen LogP) is 2.87. The van der Waals surface area contributed by atoms with E-state index in [-0.39, 0.29) is 17.7 Å². The molecule has 2 N–H and O–H groups in total. The molecule has 5 fully saturated rings. The molecular weight excluding hydrogens is 348 g/mol. The van der Waals surface area contributed by atoms with Crippen LogP contribution in [0.2, 0.25) is 0 Å². The van der Waals surface area contributed by atoms with Crippen LogP contribution < -0.4 is 4.90 Å². The van der Waals surface area contributed by atoms with Gasteiger partial charge >= 0.3 is 0 Å². The molecule has 4 heteroatoms. The first-order chi connectivity index (χ1) is 13.5. The number of hydrogen-bond donors (Lipinski definition) is 2. The smallest absolute Gasteiger partial charge is 0.194 e. The molecular formula is C24H35N2O2+. The summed E-state index contributed by atoms with van der Waals surface area (Å²) in [4.78, 5) is 2.49. The summed E-state index contributed by atoms with van der Waals surface area (Å²) in [7, 11) is 2.24. The zero-order valence-electron chi connectivity index (χ0n) is 17.5. The molecule has 0 radical (unpaired) electrons. The number of nitrogens with zero attached hydrogens (tertiary/aromatic N) is 2. The van der Waals surface area contributed by atoms with Gasteiger partial charge in [0.05, 0.1) is 30.1 Å². The molecule has 1 aromatic rings. The van der Waals surface area contributed by atoms with E-state index in [0.29, 0.717) is 35.9 Å². The van der Waals surface area contributed by atoms with Gasteiger partial charge in [-0.3, -0.25) is 4.48 Å². The average Bonchev–Trinajstić information content (AvgIpc) is 3.09. The SMILES string of the molecule is CCCC[N+]12C3CC(C(CC)[C@H]1O)[C@@H]1C(O)C4(C[C@@H]12)c1ccccc1N(C)C34. The van der Waals surface area contributed by atoms with Crippen molar-refractivity contribution in [2.75, 3.05) is 18.5 Å². The molecule has 5 aliphatic heterocycles. The fourth-order valence-electron chi connectivity index (χ4n) is 9.27. The summed E-state index contributed by atoms with van der Waals surface area (Å²) >= 11 is 0. The minimum absolute atomic E-state index is 0.129. The Kier molecular flexibility index (Phi) is 3.50. The van der Waals surface area contributed by atoms with Gasteiger partial charge in [0.15, 0.2) is 6.23 Å².